The van der Waals surface area contributed by atoms with Crippen molar-refractivity contribution in [3.8, 4) is 0 Å². The van der Waals surface area contributed by atoms with Gasteiger partial charge in [-0.25, -0.2) is 4.98 Å². The number of nitrogens with one attached hydrogen (secondary N) is 2. The van der Waals surface area contributed by atoms with E-state index in [0.29, 0.717) is 11.6 Å². The first-order valence-corrected chi connectivity index (χ1v) is 9.80. The molecule has 0 spiro atoms. The van der Waals surface area contributed by atoms with Crippen LogP contribution >= 0.6 is 12.4 Å². The molecule has 156 valence electrons. The Balaban J connectivity index is 0.00000218. The first-order valence-electron chi connectivity index (χ1n) is 9.80. The average molecular weight is 428 g/mol. The van der Waals surface area contributed by atoms with Crippen molar-refractivity contribution in [1.82, 2.24) is 24.6 Å². The second kappa shape index (κ2) is 8.04. The molecule has 2 aliphatic heterocycles. The third-order valence-electron chi connectivity index (χ3n) is 6.03. The number of pyridine rings is 2. The lowest BCUT2D eigenvalue weighted by molar-refractivity contribution is 0.0930. The topological polar surface area (TPSA) is 97.5 Å². The van der Waals surface area contributed by atoms with Crippen molar-refractivity contribution < 1.29 is 4.79 Å². The summed E-state index contributed by atoms with van der Waals surface area (Å²) in [5.74, 6) is 0.0820. The van der Waals surface area contributed by atoms with Gasteiger partial charge in [-0.3, -0.25) is 18.8 Å². The highest BCUT2D eigenvalue weighted by Gasteiger charge is 2.37. The monoisotopic (exact) mass is 427 g/mol. The minimum Gasteiger partial charge on any atom is -0.350 e. The van der Waals surface area contributed by atoms with Crippen LogP contribution in [-0.2, 0) is 0 Å². The number of amides is 1. The highest BCUT2D eigenvalue weighted by Crippen LogP contribution is 2.38. The maximum atomic E-state index is 12.8. The van der Waals surface area contributed by atoms with Gasteiger partial charge in [-0.2, -0.15) is 0 Å². The summed E-state index contributed by atoms with van der Waals surface area (Å²) in [6.45, 7) is 1.95. The van der Waals surface area contributed by atoms with Crippen molar-refractivity contribution >= 4 is 24.0 Å². The molecule has 0 radical (unpaired) electrons. The number of piperidine rings is 1. The summed E-state index contributed by atoms with van der Waals surface area (Å²) in [4.78, 5) is 42.2. The van der Waals surface area contributed by atoms with E-state index in [9.17, 15) is 14.4 Å². The van der Waals surface area contributed by atoms with Crippen molar-refractivity contribution in [2.75, 3.05) is 19.6 Å². The molecule has 0 aromatic carbocycles. The molecule has 5 rings (SSSR count). The molecular formula is C21H22ClN5O3. The minimum absolute atomic E-state index is 0. The fourth-order valence-corrected chi connectivity index (χ4v) is 4.64. The molecule has 2 aliphatic rings. The SMILES string of the molecule is Cl.O=C(NC[C@H]1[C@@H]2CNC[C@@H](C2)c2cccc(=O)n21)c1cnc2ccccn2c1=O. The number of halogens is 1. The van der Waals surface area contributed by atoms with Crippen molar-refractivity contribution in [3.63, 3.8) is 0 Å². The van der Waals surface area contributed by atoms with Crippen LogP contribution in [-0.4, -0.2) is 39.5 Å². The van der Waals surface area contributed by atoms with Crippen LogP contribution in [0.5, 0.6) is 0 Å². The van der Waals surface area contributed by atoms with Crippen LogP contribution in [0.3, 0.4) is 0 Å². The molecule has 8 nitrogen and oxygen atoms in total. The van der Waals surface area contributed by atoms with E-state index in [0.717, 1.165) is 25.2 Å². The summed E-state index contributed by atoms with van der Waals surface area (Å²) in [5, 5.41) is 6.30. The normalized spacial score (nSPS) is 22.1. The zero-order valence-electron chi connectivity index (χ0n) is 16.2. The Morgan fingerprint density at radius 3 is 2.90 bits per heavy atom. The summed E-state index contributed by atoms with van der Waals surface area (Å²) >= 11 is 0. The van der Waals surface area contributed by atoms with Gasteiger partial charge in [0, 0.05) is 49.7 Å². The van der Waals surface area contributed by atoms with Gasteiger partial charge >= 0.3 is 0 Å². The largest absolute Gasteiger partial charge is 0.350 e. The van der Waals surface area contributed by atoms with E-state index < -0.39 is 11.5 Å². The molecular weight excluding hydrogens is 406 g/mol. The van der Waals surface area contributed by atoms with Crippen LogP contribution < -0.4 is 21.8 Å². The first-order chi connectivity index (χ1) is 14.1. The van der Waals surface area contributed by atoms with Crippen LogP contribution in [0.2, 0.25) is 0 Å². The molecule has 1 amide bonds. The van der Waals surface area contributed by atoms with Gasteiger partial charge < -0.3 is 15.2 Å². The van der Waals surface area contributed by atoms with Crippen molar-refractivity contribution in [1.29, 1.82) is 0 Å². The van der Waals surface area contributed by atoms with Crippen LogP contribution in [0.25, 0.3) is 5.65 Å². The Morgan fingerprint density at radius 1 is 1.17 bits per heavy atom. The van der Waals surface area contributed by atoms with E-state index in [1.54, 1.807) is 36.5 Å². The zero-order valence-corrected chi connectivity index (χ0v) is 17.0. The molecule has 3 aromatic rings. The summed E-state index contributed by atoms with van der Waals surface area (Å²) < 4.78 is 3.18. The predicted octanol–water partition coefficient (Wildman–Crippen LogP) is 0.956. The number of aromatic nitrogens is 3. The zero-order chi connectivity index (χ0) is 20.0. The number of hydrogen-bond donors (Lipinski definition) is 2. The van der Waals surface area contributed by atoms with Crippen LogP contribution in [0.15, 0.2) is 58.4 Å². The minimum atomic E-state index is -0.475. The highest BCUT2D eigenvalue weighted by molar-refractivity contribution is 5.93. The number of hydrogen-bond acceptors (Lipinski definition) is 5. The Labute approximate surface area is 178 Å². The predicted molar refractivity (Wildman–Crippen MR) is 114 cm³/mol. The summed E-state index contributed by atoms with van der Waals surface area (Å²) in [7, 11) is 0. The van der Waals surface area contributed by atoms with E-state index in [1.165, 1.54) is 10.6 Å². The van der Waals surface area contributed by atoms with Gasteiger partial charge in [-0.05, 0) is 30.5 Å². The molecule has 5 heterocycles. The molecule has 30 heavy (non-hydrogen) atoms. The van der Waals surface area contributed by atoms with E-state index >= 15 is 0 Å². The van der Waals surface area contributed by atoms with E-state index in [-0.39, 0.29) is 42.0 Å². The maximum absolute atomic E-state index is 12.8. The van der Waals surface area contributed by atoms with E-state index in [2.05, 4.69) is 15.6 Å². The standard InChI is InChI=1S/C21H21N5O3.ClH/c27-19-6-3-4-16-13-8-14(10-22-9-13)17(26(16)19)12-24-20(28)15-11-23-18-5-1-2-7-25(18)21(15)29;/h1-7,11,13-14,17,22H,8-10,12H2,(H,24,28);1H/t13-,14+,17+;/m1./s1. The van der Waals surface area contributed by atoms with E-state index in [4.69, 9.17) is 0 Å². The lowest BCUT2D eigenvalue weighted by Gasteiger charge is -2.43. The molecule has 1 saturated heterocycles. The summed E-state index contributed by atoms with van der Waals surface area (Å²) in [5.41, 5.74) is 1.03. The number of fused-ring (bicyclic) bond motifs is 5. The van der Waals surface area contributed by atoms with Crippen LogP contribution in [0.1, 0.15) is 34.4 Å². The van der Waals surface area contributed by atoms with Gasteiger partial charge in [0.25, 0.3) is 17.0 Å². The molecule has 0 saturated carbocycles. The molecule has 3 atom stereocenters. The van der Waals surface area contributed by atoms with Gasteiger partial charge in [-0.15, -0.1) is 12.4 Å². The number of carbonyl (C=O) groups is 1. The third kappa shape index (κ3) is 3.32. The second-order valence-corrected chi connectivity index (χ2v) is 7.69. The van der Waals surface area contributed by atoms with Crippen molar-refractivity contribution in [2.45, 2.75) is 18.4 Å². The lowest BCUT2D eigenvalue weighted by atomic mass is 9.79. The Morgan fingerprint density at radius 2 is 2.03 bits per heavy atom. The number of carbonyl (C=O) groups excluding carboxylic acids is 1. The molecule has 9 heteroatoms. The van der Waals surface area contributed by atoms with E-state index in [1.807, 2.05) is 10.6 Å². The fourth-order valence-electron chi connectivity index (χ4n) is 4.64. The molecule has 1 fully saturated rings. The lowest BCUT2D eigenvalue weighted by Crippen LogP contribution is -2.50. The maximum Gasteiger partial charge on any atom is 0.270 e. The third-order valence-corrected chi connectivity index (χ3v) is 6.03. The second-order valence-electron chi connectivity index (χ2n) is 7.69. The summed E-state index contributed by atoms with van der Waals surface area (Å²) in [6.07, 6.45) is 3.88. The first kappa shape index (κ1) is 20.3. The van der Waals surface area contributed by atoms with Gasteiger partial charge in [0.15, 0.2) is 0 Å². The van der Waals surface area contributed by atoms with Crippen molar-refractivity contribution in [2.24, 2.45) is 5.92 Å². The van der Waals surface area contributed by atoms with Gasteiger partial charge in [0.2, 0.25) is 0 Å². The summed E-state index contributed by atoms with van der Waals surface area (Å²) in [6, 6.07) is 10.4. The molecule has 2 N–H and O–H groups in total. The molecule has 2 bridgehead atoms. The Bertz CT molecular complexity index is 1220. The Kier molecular flexibility index (Phi) is 5.44. The number of rotatable bonds is 3. The highest BCUT2D eigenvalue weighted by atomic mass is 35.5. The smallest absolute Gasteiger partial charge is 0.270 e. The van der Waals surface area contributed by atoms with Crippen LogP contribution in [0.4, 0.5) is 0 Å². The van der Waals surface area contributed by atoms with Crippen molar-refractivity contribution in [3.05, 3.63) is 80.8 Å². The molecule has 0 aliphatic carbocycles. The quantitative estimate of drug-likeness (QED) is 0.648. The molecule has 0 unspecified atom stereocenters. The number of nitrogens with zero attached hydrogens (tertiary/aromatic N) is 3. The Hall–Kier alpha value is -2.97. The van der Waals surface area contributed by atoms with Gasteiger partial charge in [0.1, 0.15) is 11.2 Å². The van der Waals surface area contributed by atoms with Crippen LogP contribution in [0, 0.1) is 5.92 Å². The molecule has 3 aromatic heterocycles. The van der Waals surface area contributed by atoms with Gasteiger partial charge in [-0.1, -0.05) is 12.1 Å². The fraction of sp³-hybridized carbons (Fsp3) is 0.333. The average Bonchev–Trinajstić information content (AvgIpc) is 2.74. The van der Waals surface area contributed by atoms with Gasteiger partial charge in [0.05, 0.1) is 6.04 Å².